The van der Waals surface area contributed by atoms with Crippen molar-refractivity contribution in [3.63, 3.8) is 0 Å². The van der Waals surface area contributed by atoms with Gasteiger partial charge < -0.3 is 0 Å². The summed E-state index contributed by atoms with van der Waals surface area (Å²) in [5.41, 5.74) is 12.8. The largest absolute Gasteiger partial charge is 0.383 e. The van der Waals surface area contributed by atoms with Gasteiger partial charge in [0.05, 0.1) is 11.4 Å². The van der Waals surface area contributed by atoms with Crippen LogP contribution in [0.15, 0.2) is 10.2 Å². The SMILES string of the molecule is CC(C)=N[NH+]=C(N)C(N)=[NH+]N=C(C)C. The van der Waals surface area contributed by atoms with Gasteiger partial charge in [-0.15, -0.1) is 10.2 Å². The highest BCUT2D eigenvalue weighted by Gasteiger charge is 2.11. The van der Waals surface area contributed by atoms with Gasteiger partial charge >= 0.3 is 11.7 Å². The first-order valence-corrected chi connectivity index (χ1v) is 4.22. The molecule has 6 nitrogen and oxygen atoms in total. The molecule has 0 aromatic carbocycles. The zero-order chi connectivity index (χ0) is 11.1. The van der Waals surface area contributed by atoms with Crippen LogP contribution in [0, 0.1) is 0 Å². The summed E-state index contributed by atoms with van der Waals surface area (Å²) >= 11 is 0. The standard InChI is InChI=1S/C8H16N6/c1-5(2)11-13-7(9)8(10)14-12-6(3)4/h1-4H3,(H2,9,13)(H2,10,14)/p+2. The minimum absolute atomic E-state index is 0.246. The van der Waals surface area contributed by atoms with Crippen molar-refractivity contribution in [2.24, 2.45) is 21.7 Å². The second-order valence-corrected chi connectivity index (χ2v) is 3.17. The van der Waals surface area contributed by atoms with Crippen LogP contribution < -0.4 is 21.7 Å². The number of nitrogens with zero attached hydrogens (tertiary/aromatic N) is 2. The lowest BCUT2D eigenvalue weighted by molar-refractivity contribution is -0.478. The normalized spacial score (nSPS) is 12.3. The van der Waals surface area contributed by atoms with Crippen LogP contribution in [0.25, 0.3) is 0 Å². The summed E-state index contributed by atoms with van der Waals surface area (Å²) in [4.78, 5) is 0. The van der Waals surface area contributed by atoms with Crippen LogP contribution in [-0.4, -0.2) is 23.1 Å². The molecule has 0 rings (SSSR count). The van der Waals surface area contributed by atoms with Crippen molar-refractivity contribution in [1.29, 1.82) is 0 Å². The molecule has 0 bridgehead atoms. The third-order valence-electron chi connectivity index (χ3n) is 1.09. The van der Waals surface area contributed by atoms with Gasteiger partial charge in [0, 0.05) is 0 Å². The number of amidine groups is 2. The number of hydrogen-bond acceptors (Lipinski definition) is 2. The Balaban J connectivity index is 4.62. The molecule has 0 aromatic heterocycles. The monoisotopic (exact) mass is 198 g/mol. The van der Waals surface area contributed by atoms with Crippen LogP contribution >= 0.6 is 0 Å². The molecule has 6 N–H and O–H groups in total. The van der Waals surface area contributed by atoms with E-state index in [9.17, 15) is 0 Å². The van der Waals surface area contributed by atoms with Crippen molar-refractivity contribution in [3.05, 3.63) is 0 Å². The number of nitrogens with one attached hydrogen (secondary N) is 2. The highest BCUT2D eigenvalue weighted by atomic mass is 15.3. The van der Waals surface area contributed by atoms with E-state index in [-0.39, 0.29) is 11.7 Å². The van der Waals surface area contributed by atoms with E-state index in [1.807, 2.05) is 27.7 Å². The predicted octanol–water partition coefficient (Wildman–Crippen LogP) is -3.35. The highest BCUT2D eigenvalue weighted by molar-refractivity contribution is 6.34. The van der Waals surface area contributed by atoms with Crippen molar-refractivity contribution in [1.82, 2.24) is 0 Å². The lowest BCUT2D eigenvalue weighted by Gasteiger charge is -1.85. The molecule has 0 radical (unpaired) electrons. The minimum Gasteiger partial charge on any atom is -0.278 e. The first kappa shape index (κ1) is 12.3. The summed E-state index contributed by atoms with van der Waals surface area (Å²) in [6.45, 7) is 7.38. The molecule has 0 aliphatic carbocycles. The van der Waals surface area contributed by atoms with Crippen LogP contribution in [0.3, 0.4) is 0 Å². The Bertz CT molecular complexity index is 270. The van der Waals surface area contributed by atoms with Gasteiger partial charge in [0.1, 0.15) is 0 Å². The second-order valence-electron chi connectivity index (χ2n) is 3.17. The van der Waals surface area contributed by atoms with E-state index >= 15 is 0 Å². The van der Waals surface area contributed by atoms with Gasteiger partial charge in [-0.25, -0.2) is 0 Å². The Hall–Kier alpha value is -1.72. The molecule has 0 spiro atoms. The Morgan fingerprint density at radius 2 is 1.07 bits per heavy atom. The molecule has 0 aliphatic rings. The van der Waals surface area contributed by atoms with Crippen LogP contribution in [0.5, 0.6) is 0 Å². The Labute approximate surface area is 83.5 Å². The van der Waals surface area contributed by atoms with E-state index in [1.54, 1.807) is 0 Å². The summed E-state index contributed by atoms with van der Waals surface area (Å²) in [6.07, 6.45) is 0. The zero-order valence-corrected chi connectivity index (χ0v) is 9.05. The van der Waals surface area contributed by atoms with Gasteiger partial charge in [-0.05, 0) is 27.7 Å². The number of hydrazone groups is 2. The molecule has 0 saturated heterocycles. The third kappa shape index (κ3) is 5.87. The van der Waals surface area contributed by atoms with Gasteiger partial charge in [-0.2, -0.15) is 0 Å². The number of nitrogens with two attached hydrogens (primary N) is 2. The van der Waals surface area contributed by atoms with Gasteiger partial charge in [0.15, 0.2) is 0 Å². The number of hydrogen-bond donors (Lipinski definition) is 4. The van der Waals surface area contributed by atoms with Crippen LogP contribution in [-0.2, 0) is 0 Å². The Morgan fingerprint density at radius 3 is 1.29 bits per heavy atom. The molecule has 0 amide bonds. The molecule has 0 atom stereocenters. The highest BCUT2D eigenvalue weighted by Crippen LogP contribution is 1.60. The molecular weight excluding hydrogens is 180 g/mol. The van der Waals surface area contributed by atoms with Crippen LogP contribution in [0.2, 0.25) is 0 Å². The van der Waals surface area contributed by atoms with E-state index < -0.39 is 0 Å². The van der Waals surface area contributed by atoms with Crippen molar-refractivity contribution in [3.8, 4) is 0 Å². The van der Waals surface area contributed by atoms with Crippen molar-refractivity contribution < 1.29 is 10.2 Å². The first-order chi connectivity index (χ1) is 6.43. The molecule has 0 heterocycles. The summed E-state index contributed by atoms with van der Waals surface area (Å²) in [5, 5.41) is 13.0. The molecule has 6 heteroatoms. The Morgan fingerprint density at radius 1 is 0.786 bits per heavy atom. The summed E-state index contributed by atoms with van der Waals surface area (Å²) in [5.74, 6) is 0.493. The second kappa shape index (κ2) is 5.85. The number of rotatable bonds is 2. The van der Waals surface area contributed by atoms with Crippen LogP contribution in [0.1, 0.15) is 27.7 Å². The Kier molecular flexibility index (Phi) is 5.13. The molecule has 0 aliphatic heterocycles. The molecule has 0 fully saturated rings. The first-order valence-electron chi connectivity index (χ1n) is 4.22. The average molecular weight is 198 g/mol. The van der Waals surface area contributed by atoms with Crippen LogP contribution in [0.4, 0.5) is 0 Å². The molecule has 0 aromatic rings. The smallest absolute Gasteiger partial charge is 0.278 e. The van der Waals surface area contributed by atoms with Crippen molar-refractivity contribution in [2.75, 3.05) is 0 Å². The lowest BCUT2D eigenvalue weighted by Crippen LogP contribution is -2.82. The maximum absolute atomic E-state index is 5.56. The molecule has 14 heavy (non-hydrogen) atoms. The van der Waals surface area contributed by atoms with E-state index in [1.165, 1.54) is 0 Å². The van der Waals surface area contributed by atoms with Gasteiger partial charge in [0.2, 0.25) is 0 Å². The van der Waals surface area contributed by atoms with E-state index in [0.717, 1.165) is 11.4 Å². The third-order valence-corrected chi connectivity index (χ3v) is 1.09. The van der Waals surface area contributed by atoms with E-state index in [4.69, 9.17) is 11.5 Å². The topological polar surface area (TPSA) is 105 Å². The molecular formula is C8H18N6+2. The van der Waals surface area contributed by atoms with E-state index in [0.29, 0.717) is 0 Å². The quantitative estimate of drug-likeness (QED) is 0.211. The van der Waals surface area contributed by atoms with Gasteiger partial charge in [-0.3, -0.25) is 11.5 Å². The summed E-state index contributed by atoms with van der Waals surface area (Å²) in [7, 11) is 0. The van der Waals surface area contributed by atoms with Crippen molar-refractivity contribution in [2.45, 2.75) is 27.7 Å². The summed E-state index contributed by atoms with van der Waals surface area (Å²) in [6, 6.07) is 0. The fourth-order valence-electron chi connectivity index (χ4n) is 0.465. The fraction of sp³-hybridized carbons (Fsp3) is 0.500. The van der Waals surface area contributed by atoms with Gasteiger partial charge in [0.25, 0.3) is 0 Å². The lowest BCUT2D eigenvalue weighted by atomic mass is 10.5. The molecule has 78 valence electrons. The minimum atomic E-state index is 0.246. The predicted molar refractivity (Wildman–Crippen MR) is 57.9 cm³/mol. The molecule has 0 unspecified atom stereocenters. The summed E-state index contributed by atoms with van der Waals surface area (Å²) < 4.78 is 0. The zero-order valence-electron chi connectivity index (χ0n) is 9.05. The maximum Gasteiger partial charge on any atom is 0.383 e. The maximum atomic E-state index is 5.56. The molecule has 0 saturated carbocycles. The van der Waals surface area contributed by atoms with E-state index in [2.05, 4.69) is 20.4 Å². The fourth-order valence-corrected chi connectivity index (χ4v) is 0.465. The van der Waals surface area contributed by atoms with Crippen molar-refractivity contribution >= 4 is 23.1 Å². The average Bonchev–Trinajstić information content (AvgIpc) is 2.09. The van der Waals surface area contributed by atoms with Gasteiger partial charge in [-0.1, -0.05) is 10.2 Å².